The molecule has 0 saturated heterocycles. The summed E-state index contributed by atoms with van der Waals surface area (Å²) < 4.78 is 40.6. The fourth-order valence-corrected chi connectivity index (χ4v) is 2.07. The number of hydrogen-bond acceptors (Lipinski definition) is 3. The van der Waals surface area contributed by atoms with Crippen molar-refractivity contribution in [2.45, 2.75) is 37.8 Å². The van der Waals surface area contributed by atoms with Gasteiger partial charge in [-0.1, -0.05) is 18.2 Å². The van der Waals surface area contributed by atoms with E-state index >= 15 is 0 Å². The zero-order valence-electron chi connectivity index (χ0n) is 10.3. The van der Waals surface area contributed by atoms with Crippen LogP contribution in [0.3, 0.4) is 0 Å². The fourth-order valence-electron chi connectivity index (χ4n) is 2.07. The molecule has 19 heavy (non-hydrogen) atoms. The Kier molecular flexibility index (Phi) is 4.01. The topological polar surface area (TPSA) is 41.5 Å². The van der Waals surface area contributed by atoms with Gasteiger partial charge in [0.1, 0.15) is 5.75 Å². The van der Waals surface area contributed by atoms with Crippen LogP contribution in [0.1, 0.15) is 24.8 Å². The van der Waals surface area contributed by atoms with Gasteiger partial charge in [0.15, 0.2) is 0 Å². The largest absolute Gasteiger partial charge is 0.573 e. The van der Waals surface area contributed by atoms with Crippen molar-refractivity contribution in [1.82, 2.24) is 5.32 Å². The summed E-state index contributed by atoms with van der Waals surface area (Å²) in [7, 11) is 0. The van der Waals surface area contributed by atoms with E-state index in [0.29, 0.717) is 12.1 Å². The quantitative estimate of drug-likeness (QED) is 0.868. The summed E-state index contributed by atoms with van der Waals surface area (Å²) in [6.45, 7) is 0.613. The minimum Gasteiger partial charge on any atom is -0.405 e. The number of aliphatic hydroxyl groups is 1. The van der Waals surface area contributed by atoms with Crippen LogP contribution in [0.5, 0.6) is 5.75 Å². The van der Waals surface area contributed by atoms with E-state index in [4.69, 9.17) is 0 Å². The molecule has 0 spiro atoms. The third kappa shape index (κ3) is 4.11. The Morgan fingerprint density at radius 3 is 2.53 bits per heavy atom. The normalized spacial score (nSPS) is 17.9. The summed E-state index contributed by atoms with van der Waals surface area (Å²) in [5.41, 5.74) is -0.275. The van der Waals surface area contributed by atoms with Gasteiger partial charge in [-0.05, 0) is 25.3 Å². The minimum atomic E-state index is -4.69. The highest BCUT2D eigenvalue weighted by Gasteiger charge is 2.34. The van der Waals surface area contributed by atoms with E-state index < -0.39 is 12.0 Å². The highest BCUT2D eigenvalue weighted by atomic mass is 19.4. The van der Waals surface area contributed by atoms with Gasteiger partial charge in [-0.2, -0.15) is 0 Å². The lowest BCUT2D eigenvalue weighted by Crippen LogP contribution is -2.46. The average Bonchev–Trinajstić information content (AvgIpc) is 2.27. The molecule has 1 saturated carbocycles. The van der Waals surface area contributed by atoms with Gasteiger partial charge in [0, 0.05) is 18.7 Å². The Labute approximate surface area is 109 Å². The lowest BCUT2D eigenvalue weighted by Gasteiger charge is -2.36. The molecule has 0 atom stereocenters. The molecule has 0 aromatic heterocycles. The van der Waals surface area contributed by atoms with Crippen molar-refractivity contribution >= 4 is 0 Å². The van der Waals surface area contributed by atoms with Gasteiger partial charge >= 0.3 is 6.36 Å². The van der Waals surface area contributed by atoms with Crippen LogP contribution in [0.15, 0.2) is 24.3 Å². The second-order valence-corrected chi connectivity index (χ2v) is 4.84. The van der Waals surface area contributed by atoms with E-state index in [1.54, 1.807) is 12.1 Å². The molecule has 2 rings (SSSR count). The third-order valence-electron chi connectivity index (χ3n) is 3.25. The van der Waals surface area contributed by atoms with Crippen molar-refractivity contribution in [3.63, 3.8) is 0 Å². The van der Waals surface area contributed by atoms with E-state index in [1.165, 1.54) is 12.1 Å². The molecule has 0 amide bonds. The Hall–Kier alpha value is -1.27. The first-order valence-corrected chi connectivity index (χ1v) is 6.15. The summed E-state index contributed by atoms with van der Waals surface area (Å²) in [5.74, 6) is -0.205. The van der Waals surface area contributed by atoms with Gasteiger partial charge in [0.05, 0.1) is 5.60 Å². The molecule has 1 fully saturated rings. The van der Waals surface area contributed by atoms with E-state index in [9.17, 15) is 18.3 Å². The molecule has 0 aliphatic heterocycles. The van der Waals surface area contributed by atoms with E-state index in [0.717, 1.165) is 19.3 Å². The SMILES string of the molecule is OC1(CNCc2ccccc2OC(F)(F)F)CCC1. The Balaban J connectivity index is 1.92. The molecule has 0 unspecified atom stereocenters. The molecule has 0 bridgehead atoms. The van der Waals surface area contributed by atoms with E-state index in [-0.39, 0.29) is 12.3 Å². The standard InChI is InChI=1S/C13H16F3NO2/c14-13(15,16)19-11-5-2-1-4-10(11)8-17-9-12(18)6-3-7-12/h1-2,4-5,17-18H,3,6-9H2. The van der Waals surface area contributed by atoms with Gasteiger partial charge < -0.3 is 15.2 Å². The maximum atomic E-state index is 12.2. The highest BCUT2D eigenvalue weighted by molar-refractivity contribution is 5.33. The molecule has 0 radical (unpaired) electrons. The van der Waals surface area contributed by atoms with Crippen LogP contribution in [0.25, 0.3) is 0 Å². The maximum absolute atomic E-state index is 12.2. The zero-order valence-corrected chi connectivity index (χ0v) is 10.3. The predicted octanol–water partition coefficient (Wildman–Crippen LogP) is 2.59. The lowest BCUT2D eigenvalue weighted by atomic mass is 9.80. The molecule has 6 heteroatoms. The van der Waals surface area contributed by atoms with Crippen LogP contribution < -0.4 is 10.1 Å². The van der Waals surface area contributed by atoms with Gasteiger partial charge in [-0.25, -0.2) is 0 Å². The number of benzene rings is 1. The number of ether oxygens (including phenoxy) is 1. The molecule has 3 nitrogen and oxygen atoms in total. The zero-order chi connectivity index (χ0) is 13.9. The Morgan fingerprint density at radius 1 is 1.26 bits per heavy atom. The summed E-state index contributed by atoms with van der Waals surface area (Å²) in [6, 6.07) is 5.99. The van der Waals surface area contributed by atoms with Crippen molar-refractivity contribution in [3.05, 3.63) is 29.8 Å². The molecule has 1 aromatic carbocycles. The molecule has 1 aliphatic rings. The van der Waals surface area contributed by atoms with Crippen LogP contribution in [-0.4, -0.2) is 23.6 Å². The second-order valence-electron chi connectivity index (χ2n) is 4.84. The fraction of sp³-hybridized carbons (Fsp3) is 0.538. The number of para-hydroxylation sites is 1. The average molecular weight is 275 g/mol. The summed E-state index contributed by atoms with van der Waals surface area (Å²) >= 11 is 0. The van der Waals surface area contributed by atoms with Crippen molar-refractivity contribution < 1.29 is 23.0 Å². The number of halogens is 3. The number of nitrogens with one attached hydrogen (secondary N) is 1. The van der Waals surface area contributed by atoms with Gasteiger partial charge in [0.25, 0.3) is 0 Å². The van der Waals surface area contributed by atoms with Gasteiger partial charge in [0.2, 0.25) is 0 Å². The van der Waals surface area contributed by atoms with Crippen molar-refractivity contribution in [3.8, 4) is 5.75 Å². The monoisotopic (exact) mass is 275 g/mol. The summed E-state index contributed by atoms with van der Waals surface area (Å²) in [5, 5.41) is 12.8. The first-order chi connectivity index (χ1) is 8.88. The molecule has 106 valence electrons. The Morgan fingerprint density at radius 2 is 1.95 bits per heavy atom. The predicted molar refractivity (Wildman–Crippen MR) is 63.6 cm³/mol. The van der Waals surface area contributed by atoms with E-state index in [2.05, 4.69) is 10.1 Å². The minimum absolute atomic E-state index is 0.205. The molecular formula is C13H16F3NO2. The first kappa shape index (κ1) is 14.1. The number of hydrogen-bond donors (Lipinski definition) is 2. The van der Waals surface area contributed by atoms with Crippen LogP contribution in [0.4, 0.5) is 13.2 Å². The highest BCUT2D eigenvalue weighted by Crippen LogP contribution is 2.31. The number of alkyl halides is 3. The van der Waals surface area contributed by atoms with Crippen LogP contribution in [0, 0.1) is 0 Å². The van der Waals surface area contributed by atoms with Gasteiger partial charge in [-0.3, -0.25) is 0 Å². The van der Waals surface area contributed by atoms with Crippen molar-refractivity contribution in [1.29, 1.82) is 0 Å². The molecule has 1 aromatic rings. The Bertz CT molecular complexity index is 430. The summed E-state index contributed by atoms with van der Waals surface area (Å²) in [6.07, 6.45) is -2.23. The molecule has 2 N–H and O–H groups in total. The first-order valence-electron chi connectivity index (χ1n) is 6.15. The van der Waals surface area contributed by atoms with Crippen molar-refractivity contribution in [2.75, 3.05) is 6.54 Å². The smallest absolute Gasteiger partial charge is 0.405 e. The van der Waals surface area contributed by atoms with Crippen molar-refractivity contribution in [2.24, 2.45) is 0 Å². The number of rotatable bonds is 5. The summed E-state index contributed by atoms with van der Waals surface area (Å²) in [4.78, 5) is 0. The molecule has 1 aliphatic carbocycles. The third-order valence-corrected chi connectivity index (χ3v) is 3.25. The molecular weight excluding hydrogens is 259 g/mol. The lowest BCUT2D eigenvalue weighted by molar-refractivity contribution is -0.274. The van der Waals surface area contributed by atoms with Crippen LogP contribution in [0.2, 0.25) is 0 Å². The van der Waals surface area contributed by atoms with E-state index in [1.807, 2.05) is 0 Å². The van der Waals surface area contributed by atoms with Crippen LogP contribution >= 0.6 is 0 Å². The van der Waals surface area contributed by atoms with Crippen LogP contribution in [-0.2, 0) is 6.54 Å². The second kappa shape index (κ2) is 5.38. The maximum Gasteiger partial charge on any atom is 0.573 e. The molecule has 0 heterocycles. The van der Waals surface area contributed by atoms with Gasteiger partial charge in [-0.15, -0.1) is 13.2 Å².